The normalized spacial score (nSPS) is 11.8. The maximum Gasteiger partial charge on any atom is 0.167 e. The summed E-state index contributed by atoms with van der Waals surface area (Å²) >= 11 is 2.78. The predicted molar refractivity (Wildman–Crippen MR) is 119 cm³/mol. The Hall–Kier alpha value is -3.36. The zero-order chi connectivity index (χ0) is 21.7. The van der Waals surface area contributed by atoms with Crippen LogP contribution in [-0.2, 0) is 19.9 Å². The second kappa shape index (κ2) is 9.43. The minimum Gasteiger partial charge on any atom is -0.402 e. The second-order valence-corrected chi connectivity index (χ2v) is 8.38. The lowest BCUT2D eigenvalue weighted by molar-refractivity contribution is 0.111. The van der Waals surface area contributed by atoms with E-state index in [-0.39, 0.29) is 0 Å². The van der Waals surface area contributed by atoms with E-state index in [0.717, 1.165) is 27.9 Å². The Balaban J connectivity index is 1.82. The van der Waals surface area contributed by atoms with Crippen molar-refractivity contribution < 1.29 is 4.79 Å². The van der Waals surface area contributed by atoms with E-state index in [0.29, 0.717) is 46.9 Å². The van der Waals surface area contributed by atoms with E-state index < -0.39 is 0 Å². The van der Waals surface area contributed by atoms with Crippen molar-refractivity contribution in [1.29, 1.82) is 10.7 Å². The quantitative estimate of drug-likeness (QED) is 0.298. The average molecular weight is 441 g/mol. The number of carbonyl (C=O) groups excluding carboxylic acids is 1. The number of aldehydes is 1. The summed E-state index contributed by atoms with van der Waals surface area (Å²) in [5.41, 5.74) is 10.8. The van der Waals surface area contributed by atoms with E-state index in [9.17, 15) is 4.79 Å². The van der Waals surface area contributed by atoms with Crippen molar-refractivity contribution in [3.8, 4) is 6.07 Å². The van der Waals surface area contributed by atoms with Gasteiger partial charge in [-0.25, -0.2) is 9.97 Å². The van der Waals surface area contributed by atoms with Gasteiger partial charge in [0.1, 0.15) is 16.0 Å². The van der Waals surface area contributed by atoms with Crippen molar-refractivity contribution in [2.75, 3.05) is 13.6 Å². The number of nitriles is 1. The number of rotatable bonds is 9. The van der Waals surface area contributed by atoms with E-state index in [1.54, 1.807) is 28.3 Å². The number of hydrogen-bond acceptors (Lipinski definition) is 10. The first kappa shape index (κ1) is 21.4. The van der Waals surface area contributed by atoms with E-state index >= 15 is 0 Å². The molecular formula is C19H20N8OS2. The standard InChI is InChI=1S/C19H20N8OS2/c1-26(6-4-14-16(8-21)29-11-23-14)24-9-13-15(10-28)27(2)19-18(13)30-17(25-19)7-12(22)3-5-20/h3,5,9-11,20H,4,6-7,22H2,1-2H3/b12-3?,20-5?,24-9-. The zero-order valence-corrected chi connectivity index (χ0v) is 18.1. The van der Waals surface area contributed by atoms with Crippen LogP contribution in [0.4, 0.5) is 0 Å². The highest BCUT2D eigenvalue weighted by atomic mass is 32.1. The van der Waals surface area contributed by atoms with Crippen LogP contribution in [-0.4, -0.2) is 51.9 Å². The van der Waals surface area contributed by atoms with Gasteiger partial charge in [0.2, 0.25) is 0 Å². The second-order valence-electron chi connectivity index (χ2n) is 6.44. The number of carbonyl (C=O) groups is 1. The first-order valence-corrected chi connectivity index (χ1v) is 10.6. The van der Waals surface area contributed by atoms with Crippen LogP contribution in [0, 0.1) is 16.7 Å². The van der Waals surface area contributed by atoms with Crippen LogP contribution in [0.25, 0.3) is 10.3 Å². The van der Waals surface area contributed by atoms with E-state index in [1.165, 1.54) is 28.7 Å². The van der Waals surface area contributed by atoms with Crippen molar-refractivity contribution in [2.24, 2.45) is 17.9 Å². The summed E-state index contributed by atoms with van der Waals surface area (Å²) in [5, 5.41) is 23.2. The van der Waals surface area contributed by atoms with Gasteiger partial charge in [0, 0.05) is 51.0 Å². The summed E-state index contributed by atoms with van der Waals surface area (Å²) in [6.45, 7) is 0.584. The number of nitrogens with zero attached hydrogens (tertiary/aromatic N) is 6. The first-order valence-electron chi connectivity index (χ1n) is 8.94. The first-order chi connectivity index (χ1) is 14.5. The Labute approximate surface area is 181 Å². The fraction of sp³-hybridized carbons (Fsp3) is 0.263. The Morgan fingerprint density at radius 1 is 1.53 bits per heavy atom. The molecule has 9 nitrogen and oxygen atoms in total. The molecule has 0 radical (unpaired) electrons. The third kappa shape index (κ3) is 4.45. The number of allylic oxidation sites excluding steroid dienone is 2. The van der Waals surface area contributed by atoms with Crippen LogP contribution in [0.3, 0.4) is 0 Å². The molecule has 0 fully saturated rings. The topological polar surface area (TPSA) is 137 Å². The van der Waals surface area contributed by atoms with Crippen molar-refractivity contribution in [3.05, 3.63) is 44.1 Å². The SMILES string of the molecule is CN(CCc1ncsc1C#N)/N=C\c1c(C=O)n(C)c2nc(CC(N)=CC=N)sc12. The average Bonchev–Trinajstić information content (AvgIpc) is 3.40. The maximum atomic E-state index is 11.6. The number of nitrogens with two attached hydrogens (primary N) is 1. The summed E-state index contributed by atoms with van der Waals surface area (Å²) in [4.78, 5) is 21.1. The zero-order valence-electron chi connectivity index (χ0n) is 16.5. The molecule has 0 spiro atoms. The van der Waals surface area contributed by atoms with Crippen LogP contribution in [0.5, 0.6) is 0 Å². The van der Waals surface area contributed by atoms with Gasteiger partial charge in [0.05, 0.1) is 27.8 Å². The Kier molecular flexibility index (Phi) is 6.71. The summed E-state index contributed by atoms with van der Waals surface area (Å²) < 4.78 is 2.61. The minimum absolute atomic E-state index is 0.441. The number of hydrogen-bond donors (Lipinski definition) is 2. The number of aryl methyl sites for hydroxylation is 1. The molecule has 0 atom stereocenters. The highest BCUT2D eigenvalue weighted by Crippen LogP contribution is 2.30. The highest BCUT2D eigenvalue weighted by molar-refractivity contribution is 7.19. The molecule has 0 unspecified atom stereocenters. The monoisotopic (exact) mass is 440 g/mol. The van der Waals surface area contributed by atoms with E-state index in [1.807, 2.05) is 7.05 Å². The van der Waals surface area contributed by atoms with Crippen LogP contribution in [0.15, 0.2) is 22.4 Å². The molecule has 0 saturated heterocycles. The molecule has 0 aliphatic carbocycles. The molecule has 11 heteroatoms. The van der Waals surface area contributed by atoms with Crippen LogP contribution in [0.2, 0.25) is 0 Å². The maximum absolute atomic E-state index is 11.6. The number of fused-ring (bicyclic) bond motifs is 1. The fourth-order valence-corrected chi connectivity index (χ4v) is 4.65. The summed E-state index contributed by atoms with van der Waals surface area (Å²) in [7, 11) is 3.62. The van der Waals surface area contributed by atoms with Gasteiger partial charge in [0.25, 0.3) is 0 Å². The molecule has 0 saturated carbocycles. The van der Waals surface area contributed by atoms with Gasteiger partial charge in [-0.1, -0.05) is 0 Å². The molecule has 0 aliphatic rings. The molecule has 0 aromatic carbocycles. The van der Waals surface area contributed by atoms with Crippen molar-refractivity contribution >= 4 is 51.7 Å². The van der Waals surface area contributed by atoms with Crippen LogP contribution >= 0.6 is 22.7 Å². The largest absolute Gasteiger partial charge is 0.402 e. The lowest BCUT2D eigenvalue weighted by Crippen LogP contribution is -2.15. The van der Waals surface area contributed by atoms with Crippen LogP contribution in [0.1, 0.15) is 31.6 Å². The van der Waals surface area contributed by atoms with E-state index in [4.69, 9.17) is 16.4 Å². The van der Waals surface area contributed by atoms with Gasteiger partial charge in [-0.2, -0.15) is 10.4 Å². The summed E-state index contributed by atoms with van der Waals surface area (Å²) in [6.07, 6.45) is 6.18. The van der Waals surface area contributed by atoms with Gasteiger partial charge < -0.3 is 15.7 Å². The molecule has 3 rings (SSSR count). The van der Waals surface area contributed by atoms with Gasteiger partial charge in [-0.15, -0.1) is 22.7 Å². The molecule has 3 aromatic heterocycles. The van der Waals surface area contributed by atoms with Gasteiger partial charge >= 0.3 is 0 Å². The molecule has 0 bridgehead atoms. The lowest BCUT2D eigenvalue weighted by atomic mass is 10.2. The van der Waals surface area contributed by atoms with Crippen molar-refractivity contribution in [1.82, 2.24) is 19.5 Å². The Bertz CT molecular complexity index is 1180. The third-order valence-corrected chi connectivity index (χ3v) is 6.27. The van der Waals surface area contributed by atoms with E-state index in [2.05, 4.69) is 21.1 Å². The lowest BCUT2D eigenvalue weighted by Gasteiger charge is -2.11. The Morgan fingerprint density at radius 3 is 3.03 bits per heavy atom. The molecule has 0 aliphatic heterocycles. The number of nitrogens with one attached hydrogen (secondary N) is 1. The fourth-order valence-electron chi connectivity index (χ4n) is 2.87. The molecule has 30 heavy (non-hydrogen) atoms. The minimum atomic E-state index is 0.441. The summed E-state index contributed by atoms with van der Waals surface area (Å²) in [6, 6.07) is 2.15. The van der Waals surface area contributed by atoms with Crippen molar-refractivity contribution in [2.45, 2.75) is 12.8 Å². The number of hydrazone groups is 1. The molecule has 3 aromatic rings. The number of thiazole rings is 2. The summed E-state index contributed by atoms with van der Waals surface area (Å²) in [5.74, 6) is 0. The highest BCUT2D eigenvalue weighted by Gasteiger charge is 2.18. The third-order valence-electron chi connectivity index (χ3n) is 4.42. The van der Waals surface area contributed by atoms with Crippen LogP contribution < -0.4 is 5.73 Å². The predicted octanol–water partition coefficient (Wildman–Crippen LogP) is 2.32. The van der Waals surface area contributed by atoms with Gasteiger partial charge in [0.15, 0.2) is 11.9 Å². The molecule has 154 valence electrons. The molecule has 3 heterocycles. The van der Waals surface area contributed by atoms with Gasteiger partial charge in [-0.05, 0) is 6.08 Å². The molecule has 3 N–H and O–H groups in total. The Morgan fingerprint density at radius 2 is 2.33 bits per heavy atom. The van der Waals surface area contributed by atoms with Gasteiger partial charge in [-0.3, -0.25) is 9.80 Å². The van der Waals surface area contributed by atoms with Crippen molar-refractivity contribution in [3.63, 3.8) is 0 Å². The molecular weight excluding hydrogens is 420 g/mol. The number of likely N-dealkylation sites (N-methyl/N-ethyl adjacent to an activating group) is 1. The number of aromatic nitrogens is 3. The molecule has 0 amide bonds. The smallest absolute Gasteiger partial charge is 0.167 e.